The molecule has 1 aliphatic rings. The van der Waals surface area contributed by atoms with Gasteiger partial charge in [-0.25, -0.2) is 0 Å². The van der Waals surface area contributed by atoms with Crippen molar-refractivity contribution in [2.75, 3.05) is 0 Å². The molecule has 5 heteroatoms. The lowest BCUT2D eigenvalue weighted by atomic mass is 9.81. The highest BCUT2D eigenvalue weighted by molar-refractivity contribution is 5.75. The van der Waals surface area contributed by atoms with Crippen LogP contribution in [0.5, 0.6) is 0 Å². The van der Waals surface area contributed by atoms with E-state index in [1.807, 2.05) is 6.92 Å². The zero-order valence-corrected chi connectivity index (χ0v) is 8.60. The lowest BCUT2D eigenvalue weighted by molar-refractivity contribution is -0.157. The van der Waals surface area contributed by atoms with Gasteiger partial charge in [0.05, 0.1) is 5.41 Å². The van der Waals surface area contributed by atoms with E-state index in [1.54, 1.807) is 0 Å². The molecule has 2 atom stereocenters. The number of alkyl halides is 3. The lowest BCUT2D eigenvalue weighted by Crippen LogP contribution is -2.30. The average Bonchev–Trinajstić information content (AvgIpc) is 2.44. The zero-order chi connectivity index (χ0) is 11.7. The van der Waals surface area contributed by atoms with Gasteiger partial charge in [-0.15, -0.1) is 0 Å². The highest BCUT2D eigenvalue weighted by Gasteiger charge is 2.46. The minimum atomic E-state index is -4.26. The number of hydrogen-bond donors (Lipinski definition) is 1. The Morgan fingerprint density at radius 2 is 2.13 bits per heavy atom. The fourth-order valence-electron chi connectivity index (χ4n) is 2.30. The van der Waals surface area contributed by atoms with E-state index < -0.39 is 24.0 Å². The SMILES string of the molecule is CC1CCC(CCC(F)(F)F)(C(=O)O)C1. The largest absolute Gasteiger partial charge is 0.481 e. The van der Waals surface area contributed by atoms with Crippen LogP contribution in [0.15, 0.2) is 0 Å². The molecule has 0 amide bonds. The Morgan fingerprint density at radius 3 is 2.47 bits per heavy atom. The zero-order valence-electron chi connectivity index (χ0n) is 8.60. The minimum Gasteiger partial charge on any atom is -0.481 e. The molecular weight excluding hydrogens is 209 g/mol. The summed E-state index contributed by atoms with van der Waals surface area (Å²) in [5.41, 5.74) is -1.13. The van der Waals surface area contributed by atoms with Crippen LogP contribution in [-0.2, 0) is 4.79 Å². The molecule has 0 radical (unpaired) electrons. The standard InChI is InChI=1S/C10H15F3O2/c1-7-2-3-9(6-7,8(14)15)4-5-10(11,12)13/h7H,2-6H2,1H3,(H,14,15). The normalized spacial score (nSPS) is 31.9. The van der Waals surface area contributed by atoms with Crippen molar-refractivity contribution in [3.8, 4) is 0 Å². The van der Waals surface area contributed by atoms with Crippen molar-refractivity contribution >= 4 is 5.97 Å². The van der Waals surface area contributed by atoms with Gasteiger partial charge in [-0.05, 0) is 31.6 Å². The van der Waals surface area contributed by atoms with Crippen LogP contribution in [-0.4, -0.2) is 17.3 Å². The second-order valence-electron chi connectivity index (χ2n) is 4.55. The van der Waals surface area contributed by atoms with Gasteiger partial charge in [0, 0.05) is 6.42 Å². The van der Waals surface area contributed by atoms with Gasteiger partial charge in [-0.1, -0.05) is 6.92 Å². The summed E-state index contributed by atoms with van der Waals surface area (Å²) in [7, 11) is 0. The third-order valence-corrected chi connectivity index (χ3v) is 3.20. The molecule has 88 valence electrons. The van der Waals surface area contributed by atoms with E-state index >= 15 is 0 Å². The van der Waals surface area contributed by atoms with Crippen molar-refractivity contribution in [2.45, 2.75) is 45.2 Å². The third-order valence-electron chi connectivity index (χ3n) is 3.20. The predicted molar refractivity (Wildman–Crippen MR) is 48.4 cm³/mol. The molecular formula is C10H15F3O2. The van der Waals surface area contributed by atoms with Crippen molar-refractivity contribution in [2.24, 2.45) is 11.3 Å². The summed E-state index contributed by atoms with van der Waals surface area (Å²) in [4.78, 5) is 11.0. The monoisotopic (exact) mass is 224 g/mol. The Labute approximate surface area is 86.5 Å². The molecule has 2 nitrogen and oxygen atoms in total. The summed E-state index contributed by atoms with van der Waals surface area (Å²) in [6.45, 7) is 1.89. The van der Waals surface area contributed by atoms with E-state index in [9.17, 15) is 18.0 Å². The predicted octanol–water partition coefficient (Wildman–Crippen LogP) is 3.22. The molecule has 0 aromatic heterocycles. The summed E-state index contributed by atoms with van der Waals surface area (Å²) in [6, 6.07) is 0. The first kappa shape index (κ1) is 12.3. The van der Waals surface area contributed by atoms with E-state index in [0.29, 0.717) is 19.3 Å². The summed E-state index contributed by atoms with van der Waals surface area (Å²) < 4.78 is 36.1. The highest BCUT2D eigenvalue weighted by atomic mass is 19.4. The van der Waals surface area contributed by atoms with Gasteiger partial charge in [0.1, 0.15) is 0 Å². The first-order valence-electron chi connectivity index (χ1n) is 5.05. The third kappa shape index (κ3) is 3.11. The Kier molecular flexibility index (Phi) is 3.31. The number of aliphatic carboxylic acids is 1. The molecule has 1 saturated carbocycles. The molecule has 1 aliphatic carbocycles. The van der Waals surface area contributed by atoms with E-state index in [2.05, 4.69) is 0 Å². The lowest BCUT2D eigenvalue weighted by Gasteiger charge is -2.24. The van der Waals surface area contributed by atoms with Crippen molar-refractivity contribution in [1.29, 1.82) is 0 Å². The molecule has 0 bridgehead atoms. The van der Waals surface area contributed by atoms with Gasteiger partial charge in [-0.2, -0.15) is 13.2 Å². The molecule has 1 N–H and O–H groups in total. The Bertz CT molecular complexity index is 250. The van der Waals surface area contributed by atoms with Gasteiger partial charge in [0.25, 0.3) is 0 Å². The van der Waals surface area contributed by atoms with Gasteiger partial charge in [0.2, 0.25) is 0 Å². The summed E-state index contributed by atoms with van der Waals surface area (Å²) in [6.07, 6.45) is -4.07. The van der Waals surface area contributed by atoms with Gasteiger partial charge in [0.15, 0.2) is 0 Å². The molecule has 15 heavy (non-hydrogen) atoms. The van der Waals surface area contributed by atoms with Crippen LogP contribution in [0.4, 0.5) is 13.2 Å². The second kappa shape index (κ2) is 4.02. The molecule has 1 rings (SSSR count). The van der Waals surface area contributed by atoms with E-state index in [0.717, 1.165) is 0 Å². The maximum absolute atomic E-state index is 12.0. The van der Waals surface area contributed by atoms with Gasteiger partial charge in [-0.3, -0.25) is 4.79 Å². The van der Waals surface area contributed by atoms with Crippen LogP contribution in [0.1, 0.15) is 39.0 Å². The fourth-order valence-corrected chi connectivity index (χ4v) is 2.30. The maximum Gasteiger partial charge on any atom is 0.389 e. The van der Waals surface area contributed by atoms with Gasteiger partial charge >= 0.3 is 12.1 Å². The first-order valence-corrected chi connectivity index (χ1v) is 5.05. The highest BCUT2D eigenvalue weighted by Crippen LogP contribution is 2.46. The van der Waals surface area contributed by atoms with Crippen molar-refractivity contribution in [3.05, 3.63) is 0 Å². The number of rotatable bonds is 3. The molecule has 0 aromatic rings. The minimum absolute atomic E-state index is 0.217. The number of carboxylic acids is 1. The summed E-state index contributed by atoms with van der Waals surface area (Å²) in [5.74, 6) is -0.856. The van der Waals surface area contributed by atoms with Crippen LogP contribution < -0.4 is 0 Å². The molecule has 0 spiro atoms. The van der Waals surface area contributed by atoms with E-state index in [1.165, 1.54) is 0 Å². The Morgan fingerprint density at radius 1 is 1.53 bits per heavy atom. The van der Waals surface area contributed by atoms with Crippen LogP contribution in [0.3, 0.4) is 0 Å². The van der Waals surface area contributed by atoms with Gasteiger partial charge < -0.3 is 5.11 Å². The molecule has 0 heterocycles. The molecule has 0 saturated heterocycles. The van der Waals surface area contributed by atoms with Crippen molar-refractivity contribution in [1.82, 2.24) is 0 Å². The van der Waals surface area contributed by atoms with Crippen LogP contribution in [0, 0.1) is 11.3 Å². The maximum atomic E-state index is 12.0. The molecule has 0 aromatic carbocycles. The van der Waals surface area contributed by atoms with Crippen molar-refractivity contribution in [3.63, 3.8) is 0 Å². The Balaban J connectivity index is 2.64. The number of carboxylic acid groups (broad SMARTS) is 1. The summed E-state index contributed by atoms with van der Waals surface area (Å²) >= 11 is 0. The van der Waals surface area contributed by atoms with E-state index in [4.69, 9.17) is 5.11 Å². The number of hydrogen-bond acceptors (Lipinski definition) is 1. The van der Waals surface area contributed by atoms with Crippen molar-refractivity contribution < 1.29 is 23.1 Å². The molecule has 2 unspecified atom stereocenters. The molecule has 1 fully saturated rings. The first-order chi connectivity index (χ1) is 6.75. The Hall–Kier alpha value is -0.740. The van der Waals surface area contributed by atoms with Crippen LogP contribution >= 0.6 is 0 Å². The topological polar surface area (TPSA) is 37.3 Å². The number of halogens is 3. The molecule has 0 aliphatic heterocycles. The van der Waals surface area contributed by atoms with E-state index in [-0.39, 0.29) is 12.3 Å². The van der Waals surface area contributed by atoms with Crippen LogP contribution in [0.2, 0.25) is 0 Å². The smallest absolute Gasteiger partial charge is 0.389 e. The van der Waals surface area contributed by atoms with Crippen LogP contribution in [0.25, 0.3) is 0 Å². The fraction of sp³-hybridized carbons (Fsp3) is 0.900. The average molecular weight is 224 g/mol. The number of carbonyl (C=O) groups is 1. The second-order valence-corrected chi connectivity index (χ2v) is 4.55. The quantitative estimate of drug-likeness (QED) is 0.799. The summed E-state index contributed by atoms with van der Waals surface area (Å²) in [5, 5.41) is 9.01.